The molecular formula is C14H19F3N2. The SMILES string of the molecule is NCCC1CCN(c2ccccc2C(F)(F)F)CC1. The number of nitrogens with two attached hydrogens (primary N) is 1. The van der Waals surface area contributed by atoms with E-state index in [-0.39, 0.29) is 0 Å². The third kappa shape index (κ3) is 3.41. The molecule has 1 saturated heterocycles. The Morgan fingerprint density at radius 3 is 2.37 bits per heavy atom. The topological polar surface area (TPSA) is 29.3 Å². The first kappa shape index (κ1) is 14.2. The van der Waals surface area contributed by atoms with Gasteiger partial charge in [-0.15, -0.1) is 0 Å². The fourth-order valence-corrected chi connectivity index (χ4v) is 2.69. The van der Waals surface area contributed by atoms with Gasteiger partial charge in [0.15, 0.2) is 0 Å². The van der Waals surface area contributed by atoms with E-state index in [4.69, 9.17) is 5.73 Å². The molecule has 2 N–H and O–H groups in total. The minimum atomic E-state index is -4.29. The molecule has 1 aliphatic heterocycles. The minimum Gasteiger partial charge on any atom is -0.371 e. The van der Waals surface area contributed by atoms with Crippen LogP contribution in [0.25, 0.3) is 0 Å². The van der Waals surface area contributed by atoms with Gasteiger partial charge in [-0.1, -0.05) is 12.1 Å². The fourth-order valence-electron chi connectivity index (χ4n) is 2.69. The summed E-state index contributed by atoms with van der Waals surface area (Å²) in [6.45, 7) is 2.01. The van der Waals surface area contributed by atoms with E-state index in [9.17, 15) is 13.2 Å². The first-order valence-corrected chi connectivity index (χ1v) is 6.63. The number of piperidine rings is 1. The van der Waals surface area contributed by atoms with Crippen LogP contribution in [0.15, 0.2) is 24.3 Å². The number of halogens is 3. The molecule has 0 unspecified atom stereocenters. The molecule has 0 amide bonds. The molecule has 1 aliphatic rings. The van der Waals surface area contributed by atoms with Crippen LogP contribution in [0.3, 0.4) is 0 Å². The summed E-state index contributed by atoms with van der Waals surface area (Å²) in [4.78, 5) is 1.84. The lowest BCUT2D eigenvalue weighted by Crippen LogP contribution is -2.35. The van der Waals surface area contributed by atoms with Crippen molar-refractivity contribution in [1.29, 1.82) is 0 Å². The molecular weight excluding hydrogens is 253 g/mol. The van der Waals surface area contributed by atoms with E-state index in [1.807, 2.05) is 4.90 Å². The monoisotopic (exact) mass is 272 g/mol. The minimum absolute atomic E-state index is 0.307. The van der Waals surface area contributed by atoms with Crippen LogP contribution in [-0.2, 0) is 6.18 Å². The molecule has 1 fully saturated rings. The summed E-state index contributed by atoms with van der Waals surface area (Å²) in [7, 11) is 0. The van der Waals surface area contributed by atoms with Crippen molar-refractivity contribution in [1.82, 2.24) is 0 Å². The summed E-state index contributed by atoms with van der Waals surface area (Å²) >= 11 is 0. The van der Waals surface area contributed by atoms with Crippen molar-refractivity contribution >= 4 is 5.69 Å². The van der Waals surface area contributed by atoms with E-state index >= 15 is 0 Å². The Morgan fingerprint density at radius 2 is 1.79 bits per heavy atom. The highest BCUT2D eigenvalue weighted by atomic mass is 19.4. The van der Waals surface area contributed by atoms with Crippen LogP contribution in [0, 0.1) is 5.92 Å². The molecule has 0 aliphatic carbocycles. The molecule has 1 heterocycles. The molecule has 0 radical (unpaired) electrons. The van der Waals surface area contributed by atoms with Crippen LogP contribution < -0.4 is 10.6 Å². The molecule has 0 saturated carbocycles. The Morgan fingerprint density at radius 1 is 1.16 bits per heavy atom. The molecule has 2 rings (SSSR count). The molecule has 0 spiro atoms. The van der Waals surface area contributed by atoms with Crippen molar-refractivity contribution in [3.05, 3.63) is 29.8 Å². The Labute approximate surface area is 111 Å². The van der Waals surface area contributed by atoms with Gasteiger partial charge in [0, 0.05) is 18.8 Å². The van der Waals surface area contributed by atoms with Gasteiger partial charge in [-0.2, -0.15) is 13.2 Å². The second-order valence-corrected chi connectivity index (χ2v) is 5.02. The van der Waals surface area contributed by atoms with Gasteiger partial charge in [-0.05, 0) is 43.9 Å². The van der Waals surface area contributed by atoms with Crippen LogP contribution in [0.1, 0.15) is 24.8 Å². The van der Waals surface area contributed by atoms with Crippen LogP contribution in [0.2, 0.25) is 0 Å². The average Bonchev–Trinajstić information content (AvgIpc) is 2.39. The fraction of sp³-hybridized carbons (Fsp3) is 0.571. The van der Waals surface area contributed by atoms with Crippen LogP contribution in [0.5, 0.6) is 0 Å². The van der Waals surface area contributed by atoms with E-state index in [2.05, 4.69) is 0 Å². The van der Waals surface area contributed by atoms with E-state index in [1.165, 1.54) is 6.07 Å². The normalized spacial score (nSPS) is 17.8. The number of rotatable bonds is 3. The summed E-state index contributed by atoms with van der Waals surface area (Å²) in [5.41, 5.74) is 5.30. The van der Waals surface area contributed by atoms with Crippen molar-refractivity contribution in [2.75, 3.05) is 24.5 Å². The zero-order valence-electron chi connectivity index (χ0n) is 10.8. The summed E-state index contributed by atoms with van der Waals surface area (Å²) < 4.78 is 38.9. The predicted molar refractivity (Wildman–Crippen MR) is 70.1 cm³/mol. The van der Waals surface area contributed by atoms with Gasteiger partial charge in [0.05, 0.1) is 5.56 Å². The number of para-hydroxylation sites is 1. The number of hydrogen-bond donors (Lipinski definition) is 1. The molecule has 0 aromatic heterocycles. The maximum absolute atomic E-state index is 13.0. The molecule has 2 nitrogen and oxygen atoms in total. The Hall–Kier alpha value is -1.23. The zero-order chi connectivity index (χ0) is 13.9. The van der Waals surface area contributed by atoms with Crippen LogP contribution in [-0.4, -0.2) is 19.6 Å². The summed E-state index contributed by atoms with van der Waals surface area (Å²) in [6, 6.07) is 5.82. The first-order valence-electron chi connectivity index (χ1n) is 6.63. The largest absolute Gasteiger partial charge is 0.418 e. The Kier molecular flexibility index (Phi) is 4.34. The lowest BCUT2D eigenvalue weighted by Gasteiger charge is -2.35. The van der Waals surface area contributed by atoms with Crippen LogP contribution in [0.4, 0.5) is 18.9 Å². The van der Waals surface area contributed by atoms with Crippen molar-refractivity contribution in [2.24, 2.45) is 11.7 Å². The zero-order valence-corrected chi connectivity index (χ0v) is 10.8. The molecule has 5 heteroatoms. The first-order chi connectivity index (χ1) is 9.02. The highest BCUT2D eigenvalue weighted by molar-refractivity contribution is 5.55. The molecule has 0 atom stereocenters. The lowest BCUT2D eigenvalue weighted by atomic mass is 9.93. The third-order valence-electron chi connectivity index (χ3n) is 3.74. The average molecular weight is 272 g/mol. The number of benzene rings is 1. The number of alkyl halides is 3. The van der Waals surface area contributed by atoms with Gasteiger partial charge in [-0.25, -0.2) is 0 Å². The maximum atomic E-state index is 13.0. The standard InChI is InChI=1S/C14H19F3N2/c15-14(16,17)12-3-1-2-4-13(12)19-9-6-11(5-8-18)7-10-19/h1-4,11H,5-10,18H2. The van der Waals surface area contributed by atoms with Gasteiger partial charge in [0.2, 0.25) is 0 Å². The van der Waals surface area contributed by atoms with E-state index in [1.54, 1.807) is 12.1 Å². The van der Waals surface area contributed by atoms with Crippen molar-refractivity contribution in [3.63, 3.8) is 0 Å². The van der Waals surface area contributed by atoms with Gasteiger partial charge >= 0.3 is 6.18 Å². The Balaban J connectivity index is 2.12. The molecule has 1 aromatic rings. The van der Waals surface area contributed by atoms with Crippen molar-refractivity contribution < 1.29 is 13.2 Å². The molecule has 106 valence electrons. The molecule has 1 aromatic carbocycles. The van der Waals surface area contributed by atoms with Crippen molar-refractivity contribution in [2.45, 2.75) is 25.4 Å². The van der Waals surface area contributed by atoms with Crippen molar-refractivity contribution in [3.8, 4) is 0 Å². The second-order valence-electron chi connectivity index (χ2n) is 5.02. The smallest absolute Gasteiger partial charge is 0.371 e. The lowest BCUT2D eigenvalue weighted by molar-refractivity contribution is -0.137. The summed E-state index contributed by atoms with van der Waals surface area (Å²) in [5, 5.41) is 0. The van der Waals surface area contributed by atoms with E-state index in [0.29, 0.717) is 31.2 Å². The summed E-state index contributed by atoms with van der Waals surface area (Å²) in [5.74, 6) is 0.555. The number of hydrogen-bond acceptors (Lipinski definition) is 2. The van der Waals surface area contributed by atoms with Gasteiger partial charge in [0.1, 0.15) is 0 Å². The maximum Gasteiger partial charge on any atom is 0.418 e. The van der Waals surface area contributed by atoms with E-state index < -0.39 is 11.7 Å². The molecule has 0 bridgehead atoms. The predicted octanol–water partition coefficient (Wildman–Crippen LogP) is 3.27. The number of anilines is 1. The van der Waals surface area contributed by atoms with E-state index in [0.717, 1.165) is 25.3 Å². The van der Waals surface area contributed by atoms with Gasteiger partial charge in [-0.3, -0.25) is 0 Å². The highest BCUT2D eigenvalue weighted by Crippen LogP contribution is 2.37. The van der Waals surface area contributed by atoms with Gasteiger partial charge < -0.3 is 10.6 Å². The highest BCUT2D eigenvalue weighted by Gasteiger charge is 2.35. The molecule has 19 heavy (non-hydrogen) atoms. The Bertz CT molecular complexity index is 409. The van der Waals surface area contributed by atoms with Gasteiger partial charge in [0.25, 0.3) is 0 Å². The summed E-state index contributed by atoms with van der Waals surface area (Å²) in [6.07, 6.45) is -1.48. The van der Waals surface area contributed by atoms with Crippen LogP contribution >= 0.6 is 0 Å². The quantitative estimate of drug-likeness (QED) is 0.915. The number of nitrogens with zero attached hydrogens (tertiary/aromatic N) is 1. The second kappa shape index (κ2) is 5.82. The third-order valence-corrected chi connectivity index (χ3v) is 3.74.